The van der Waals surface area contributed by atoms with Crippen LogP contribution in [0.2, 0.25) is 0 Å². The van der Waals surface area contributed by atoms with Gasteiger partial charge in [-0.1, -0.05) is 31.4 Å². The first-order chi connectivity index (χ1) is 9.20. The molecule has 2 N–H and O–H groups in total. The Bertz CT molecular complexity index is 388. The van der Waals surface area contributed by atoms with Crippen molar-refractivity contribution in [1.29, 1.82) is 0 Å². The van der Waals surface area contributed by atoms with E-state index in [9.17, 15) is 4.39 Å². The molecule has 0 spiro atoms. The summed E-state index contributed by atoms with van der Waals surface area (Å²) in [5.41, 5.74) is 6.88. The third-order valence-electron chi connectivity index (χ3n) is 4.26. The second-order valence-corrected chi connectivity index (χ2v) is 5.75. The van der Waals surface area contributed by atoms with Crippen LogP contribution in [0, 0.1) is 11.7 Å². The molecule has 0 amide bonds. The molecule has 1 aliphatic rings. The lowest BCUT2D eigenvalue weighted by atomic mass is 9.88. The van der Waals surface area contributed by atoms with Crippen molar-refractivity contribution in [2.75, 3.05) is 20.1 Å². The van der Waals surface area contributed by atoms with Crippen LogP contribution in [0.15, 0.2) is 24.3 Å². The largest absolute Gasteiger partial charge is 0.329 e. The van der Waals surface area contributed by atoms with Crippen LogP contribution >= 0.6 is 0 Å². The van der Waals surface area contributed by atoms with Crippen LogP contribution in [-0.4, -0.2) is 25.0 Å². The quantitative estimate of drug-likeness (QED) is 0.884. The molecule has 0 radical (unpaired) electrons. The number of benzene rings is 1. The average Bonchev–Trinajstić information content (AvgIpc) is 2.41. The lowest BCUT2D eigenvalue weighted by molar-refractivity contribution is 0.185. The highest BCUT2D eigenvalue weighted by Gasteiger charge is 2.21. The van der Waals surface area contributed by atoms with Gasteiger partial charge in [0.25, 0.3) is 0 Å². The molecule has 1 fully saturated rings. The lowest BCUT2D eigenvalue weighted by Gasteiger charge is -2.32. The minimum absolute atomic E-state index is 0.123. The highest BCUT2D eigenvalue weighted by Crippen LogP contribution is 2.27. The number of hydrogen-bond acceptors (Lipinski definition) is 2. The zero-order valence-electron chi connectivity index (χ0n) is 11.8. The van der Waals surface area contributed by atoms with Gasteiger partial charge in [0.05, 0.1) is 0 Å². The predicted molar refractivity (Wildman–Crippen MR) is 77.4 cm³/mol. The molecule has 1 aromatic carbocycles. The van der Waals surface area contributed by atoms with Gasteiger partial charge < -0.3 is 5.73 Å². The minimum Gasteiger partial charge on any atom is -0.329 e. The third kappa shape index (κ3) is 4.02. The fourth-order valence-electron chi connectivity index (χ4n) is 3.19. The fourth-order valence-corrected chi connectivity index (χ4v) is 3.19. The molecule has 2 nitrogen and oxygen atoms in total. The van der Waals surface area contributed by atoms with E-state index in [0.717, 1.165) is 18.0 Å². The Morgan fingerprint density at radius 3 is 2.68 bits per heavy atom. The predicted octanol–water partition coefficient (Wildman–Crippen LogP) is 3.34. The zero-order chi connectivity index (χ0) is 13.7. The summed E-state index contributed by atoms with van der Waals surface area (Å²) in [6.45, 7) is 1.60. The molecule has 1 unspecified atom stereocenters. The number of nitrogens with two attached hydrogens (primary N) is 1. The molecule has 1 aliphatic carbocycles. The summed E-state index contributed by atoms with van der Waals surface area (Å²) < 4.78 is 13.3. The van der Waals surface area contributed by atoms with Gasteiger partial charge in [0.1, 0.15) is 5.82 Å². The van der Waals surface area contributed by atoms with Crippen LogP contribution in [0.5, 0.6) is 0 Å². The molecule has 106 valence electrons. The standard InChI is InChI=1S/C16H25FN2/c1-19(12-13-6-3-2-4-7-13)16(11-18)14-8-5-9-15(17)10-14/h5,8-10,13,16H,2-4,6-7,11-12,18H2,1H3. The molecular formula is C16H25FN2. The van der Waals surface area contributed by atoms with Gasteiger partial charge in [-0.3, -0.25) is 4.90 Å². The smallest absolute Gasteiger partial charge is 0.123 e. The van der Waals surface area contributed by atoms with Crippen LogP contribution in [-0.2, 0) is 0 Å². The van der Waals surface area contributed by atoms with Crippen molar-refractivity contribution in [2.24, 2.45) is 11.7 Å². The van der Waals surface area contributed by atoms with Crippen LogP contribution < -0.4 is 5.73 Å². The van der Waals surface area contributed by atoms with Crippen LogP contribution in [0.4, 0.5) is 4.39 Å². The molecular weight excluding hydrogens is 239 g/mol. The number of nitrogens with zero attached hydrogens (tertiary/aromatic N) is 1. The Kier molecular flexibility index (Phi) is 5.34. The van der Waals surface area contributed by atoms with Crippen molar-refractivity contribution in [2.45, 2.75) is 38.1 Å². The van der Waals surface area contributed by atoms with Gasteiger partial charge in [0, 0.05) is 19.1 Å². The molecule has 0 bridgehead atoms. The van der Waals surface area contributed by atoms with Crippen molar-refractivity contribution in [3.05, 3.63) is 35.6 Å². The third-order valence-corrected chi connectivity index (χ3v) is 4.26. The van der Waals surface area contributed by atoms with Crippen LogP contribution in [0.25, 0.3) is 0 Å². The highest BCUT2D eigenvalue weighted by molar-refractivity contribution is 5.20. The first-order valence-corrected chi connectivity index (χ1v) is 7.36. The first-order valence-electron chi connectivity index (χ1n) is 7.36. The normalized spacial score (nSPS) is 18.7. The molecule has 3 heteroatoms. The maximum atomic E-state index is 13.3. The number of rotatable bonds is 5. The maximum absolute atomic E-state index is 13.3. The molecule has 1 atom stereocenters. The second-order valence-electron chi connectivity index (χ2n) is 5.75. The van der Waals surface area contributed by atoms with Crippen molar-refractivity contribution in [3.8, 4) is 0 Å². The van der Waals surface area contributed by atoms with Crippen molar-refractivity contribution in [3.63, 3.8) is 0 Å². The number of likely N-dealkylation sites (N-methyl/N-ethyl adjacent to an activating group) is 1. The SMILES string of the molecule is CN(CC1CCCCC1)C(CN)c1cccc(F)c1. The molecule has 19 heavy (non-hydrogen) atoms. The van der Waals surface area contributed by atoms with Crippen LogP contribution in [0.3, 0.4) is 0 Å². The van der Waals surface area contributed by atoms with Gasteiger partial charge in [-0.2, -0.15) is 0 Å². The van der Waals surface area contributed by atoms with Gasteiger partial charge in [0.2, 0.25) is 0 Å². The number of halogens is 1. The highest BCUT2D eigenvalue weighted by atomic mass is 19.1. The van der Waals surface area contributed by atoms with Crippen LogP contribution in [0.1, 0.15) is 43.7 Å². The number of hydrogen-bond donors (Lipinski definition) is 1. The summed E-state index contributed by atoms with van der Waals surface area (Å²) >= 11 is 0. The average molecular weight is 264 g/mol. The van der Waals surface area contributed by atoms with Crippen molar-refractivity contribution in [1.82, 2.24) is 4.90 Å². The molecule has 0 aromatic heterocycles. The Hall–Kier alpha value is -0.930. The van der Waals surface area contributed by atoms with E-state index in [4.69, 9.17) is 5.73 Å². The Labute approximate surface area is 115 Å². The van der Waals surface area contributed by atoms with Gasteiger partial charge in [-0.15, -0.1) is 0 Å². The molecule has 1 aromatic rings. The fraction of sp³-hybridized carbons (Fsp3) is 0.625. The van der Waals surface area contributed by atoms with Crippen molar-refractivity contribution >= 4 is 0 Å². The van der Waals surface area contributed by atoms with Gasteiger partial charge in [-0.05, 0) is 43.5 Å². The summed E-state index contributed by atoms with van der Waals surface area (Å²) in [7, 11) is 2.11. The van der Waals surface area contributed by atoms with E-state index in [1.54, 1.807) is 12.1 Å². The summed E-state index contributed by atoms with van der Waals surface area (Å²) in [5.74, 6) is 0.600. The Morgan fingerprint density at radius 1 is 1.32 bits per heavy atom. The molecule has 0 saturated heterocycles. The topological polar surface area (TPSA) is 29.3 Å². The molecule has 0 heterocycles. The summed E-state index contributed by atoms with van der Waals surface area (Å²) in [4.78, 5) is 2.30. The molecule has 1 saturated carbocycles. The van der Waals surface area contributed by atoms with Crippen molar-refractivity contribution < 1.29 is 4.39 Å². The van der Waals surface area contributed by atoms with E-state index in [1.165, 1.54) is 38.2 Å². The molecule has 0 aliphatic heterocycles. The minimum atomic E-state index is -0.179. The van der Waals surface area contributed by atoms with E-state index in [-0.39, 0.29) is 11.9 Å². The van der Waals surface area contributed by atoms with E-state index >= 15 is 0 Å². The lowest BCUT2D eigenvalue weighted by Crippen LogP contribution is -2.34. The van der Waals surface area contributed by atoms with E-state index < -0.39 is 0 Å². The zero-order valence-corrected chi connectivity index (χ0v) is 11.8. The second kappa shape index (κ2) is 7.01. The van der Waals surface area contributed by atoms with E-state index in [0.29, 0.717) is 6.54 Å². The summed E-state index contributed by atoms with van der Waals surface area (Å²) in [6, 6.07) is 6.95. The maximum Gasteiger partial charge on any atom is 0.123 e. The summed E-state index contributed by atoms with van der Waals surface area (Å²) in [5, 5.41) is 0. The first kappa shape index (κ1) is 14.5. The molecule has 2 rings (SSSR count). The van der Waals surface area contributed by atoms with E-state index in [2.05, 4.69) is 11.9 Å². The monoisotopic (exact) mass is 264 g/mol. The van der Waals surface area contributed by atoms with E-state index in [1.807, 2.05) is 6.07 Å². The van der Waals surface area contributed by atoms with Gasteiger partial charge in [0.15, 0.2) is 0 Å². The summed E-state index contributed by atoms with van der Waals surface area (Å²) in [6.07, 6.45) is 6.73. The van der Waals surface area contributed by atoms with Gasteiger partial charge in [-0.25, -0.2) is 4.39 Å². The Morgan fingerprint density at radius 2 is 2.05 bits per heavy atom. The Balaban J connectivity index is 1.99. The van der Waals surface area contributed by atoms with Gasteiger partial charge >= 0.3 is 0 Å².